The fourth-order valence-corrected chi connectivity index (χ4v) is 2.05. The van der Waals surface area contributed by atoms with Crippen molar-refractivity contribution in [1.29, 1.82) is 0 Å². The Labute approximate surface area is 113 Å². The molecule has 0 fully saturated rings. The van der Waals surface area contributed by atoms with Crippen LogP contribution in [0.1, 0.15) is 11.1 Å². The quantitative estimate of drug-likeness (QED) is 0.870. The minimum Gasteiger partial charge on any atom is -0.378 e. The molecule has 1 N–H and O–H groups in total. The van der Waals surface area contributed by atoms with Crippen LogP contribution in [-0.2, 0) is 6.54 Å². The molecule has 0 aliphatic carbocycles. The van der Waals surface area contributed by atoms with Crippen LogP contribution in [0.4, 0.5) is 14.5 Å². The fourth-order valence-electron chi connectivity index (χ4n) is 1.64. The Morgan fingerprint density at radius 2 is 1.78 bits per heavy atom. The molecule has 18 heavy (non-hydrogen) atoms. The van der Waals surface area contributed by atoms with Crippen LogP contribution < -0.4 is 5.32 Å². The first-order valence-electron chi connectivity index (χ1n) is 5.50. The van der Waals surface area contributed by atoms with Gasteiger partial charge in [-0.1, -0.05) is 22.0 Å². The van der Waals surface area contributed by atoms with Crippen molar-refractivity contribution in [3.63, 3.8) is 0 Å². The van der Waals surface area contributed by atoms with Gasteiger partial charge < -0.3 is 5.32 Å². The van der Waals surface area contributed by atoms with Gasteiger partial charge in [-0.3, -0.25) is 0 Å². The third kappa shape index (κ3) is 3.07. The van der Waals surface area contributed by atoms with Gasteiger partial charge in [0.05, 0.1) is 5.69 Å². The molecular formula is C14H12BrF2N. The van der Waals surface area contributed by atoms with E-state index in [9.17, 15) is 8.78 Å². The van der Waals surface area contributed by atoms with E-state index in [0.717, 1.165) is 10.0 Å². The van der Waals surface area contributed by atoms with Crippen LogP contribution in [0.15, 0.2) is 40.9 Å². The van der Waals surface area contributed by atoms with Gasteiger partial charge in [0.15, 0.2) is 0 Å². The number of halogens is 3. The van der Waals surface area contributed by atoms with Gasteiger partial charge in [-0.2, -0.15) is 0 Å². The molecule has 2 aromatic rings. The Kier molecular flexibility index (Phi) is 3.97. The summed E-state index contributed by atoms with van der Waals surface area (Å²) in [7, 11) is 0. The van der Waals surface area contributed by atoms with Crippen LogP contribution in [0, 0.1) is 18.6 Å². The van der Waals surface area contributed by atoms with Gasteiger partial charge in [0.25, 0.3) is 0 Å². The Bertz CT molecular complexity index is 518. The SMILES string of the molecule is Cc1ccc(F)c(NCc2cc(Br)ccc2F)c1. The number of nitrogens with one attached hydrogen (secondary N) is 1. The molecule has 0 saturated heterocycles. The molecule has 0 aliphatic heterocycles. The zero-order valence-corrected chi connectivity index (χ0v) is 11.4. The van der Waals surface area contributed by atoms with E-state index >= 15 is 0 Å². The van der Waals surface area contributed by atoms with Gasteiger partial charge in [-0.25, -0.2) is 8.78 Å². The van der Waals surface area contributed by atoms with Crippen molar-refractivity contribution in [2.45, 2.75) is 13.5 Å². The molecule has 0 aromatic heterocycles. The average molecular weight is 312 g/mol. The lowest BCUT2D eigenvalue weighted by atomic mass is 10.2. The van der Waals surface area contributed by atoms with Crippen molar-refractivity contribution < 1.29 is 8.78 Å². The zero-order valence-electron chi connectivity index (χ0n) is 9.81. The van der Waals surface area contributed by atoms with E-state index in [2.05, 4.69) is 21.2 Å². The van der Waals surface area contributed by atoms with Crippen molar-refractivity contribution in [2.75, 3.05) is 5.32 Å². The van der Waals surface area contributed by atoms with E-state index < -0.39 is 0 Å². The van der Waals surface area contributed by atoms with Gasteiger partial charge >= 0.3 is 0 Å². The highest BCUT2D eigenvalue weighted by molar-refractivity contribution is 9.10. The molecule has 0 aliphatic rings. The van der Waals surface area contributed by atoms with Crippen LogP contribution in [0.2, 0.25) is 0 Å². The van der Waals surface area contributed by atoms with E-state index in [4.69, 9.17) is 0 Å². The molecule has 0 atom stereocenters. The molecule has 94 valence electrons. The largest absolute Gasteiger partial charge is 0.378 e. The smallest absolute Gasteiger partial charge is 0.146 e. The first-order valence-corrected chi connectivity index (χ1v) is 6.29. The maximum Gasteiger partial charge on any atom is 0.146 e. The van der Waals surface area contributed by atoms with Crippen molar-refractivity contribution in [2.24, 2.45) is 0 Å². The molecule has 4 heteroatoms. The fraction of sp³-hybridized carbons (Fsp3) is 0.143. The number of hydrogen-bond acceptors (Lipinski definition) is 1. The van der Waals surface area contributed by atoms with E-state index in [1.54, 1.807) is 24.3 Å². The average Bonchev–Trinajstić information content (AvgIpc) is 2.34. The summed E-state index contributed by atoms with van der Waals surface area (Å²) in [6, 6.07) is 9.48. The molecule has 0 unspecified atom stereocenters. The Morgan fingerprint density at radius 3 is 2.56 bits per heavy atom. The summed E-state index contributed by atoms with van der Waals surface area (Å²) in [6.07, 6.45) is 0. The minimum absolute atomic E-state index is 0.242. The minimum atomic E-state index is -0.337. The Morgan fingerprint density at radius 1 is 1.06 bits per heavy atom. The summed E-state index contributed by atoms with van der Waals surface area (Å²) in [5, 5.41) is 2.90. The van der Waals surface area contributed by atoms with E-state index in [0.29, 0.717) is 11.3 Å². The standard InChI is InChI=1S/C14H12BrF2N/c1-9-2-4-13(17)14(6-9)18-8-10-7-11(15)3-5-12(10)16/h2-7,18H,8H2,1H3. The Balaban J connectivity index is 2.16. The van der Waals surface area contributed by atoms with Crippen LogP contribution >= 0.6 is 15.9 Å². The Hall–Kier alpha value is -1.42. The van der Waals surface area contributed by atoms with Crippen LogP contribution in [0.25, 0.3) is 0 Å². The first kappa shape index (κ1) is 13.0. The zero-order chi connectivity index (χ0) is 13.1. The molecule has 2 rings (SSSR count). The normalized spacial score (nSPS) is 10.4. The summed E-state index contributed by atoms with van der Waals surface area (Å²) >= 11 is 3.28. The summed E-state index contributed by atoms with van der Waals surface area (Å²) in [6.45, 7) is 2.12. The highest BCUT2D eigenvalue weighted by Crippen LogP contribution is 2.19. The number of rotatable bonds is 3. The second kappa shape index (κ2) is 5.48. The van der Waals surface area contributed by atoms with E-state index in [1.807, 2.05) is 6.92 Å². The molecule has 2 aromatic carbocycles. The lowest BCUT2D eigenvalue weighted by Crippen LogP contribution is -2.03. The highest BCUT2D eigenvalue weighted by Gasteiger charge is 2.05. The number of hydrogen-bond donors (Lipinski definition) is 1. The van der Waals surface area contributed by atoms with Crippen molar-refractivity contribution >= 4 is 21.6 Å². The summed E-state index contributed by atoms with van der Waals surface area (Å²) in [4.78, 5) is 0. The molecule has 0 amide bonds. The first-order chi connectivity index (χ1) is 8.56. The van der Waals surface area contributed by atoms with E-state index in [-0.39, 0.29) is 18.2 Å². The van der Waals surface area contributed by atoms with Crippen LogP contribution in [-0.4, -0.2) is 0 Å². The number of benzene rings is 2. The van der Waals surface area contributed by atoms with Gasteiger partial charge in [0.1, 0.15) is 11.6 Å². The van der Waals surface area contributed by atoms with Crippen molar-refractivity contribution in [1.82, 2.24) is 0 Å². The lowest BCUT2D eigenvalue weighted by Gasteiger charge is -2.09. The highest BCUT2D eigenvalue weighted by atomic mass is 79.9. The van der Waals surface area contributed by atoms with Gasteiger partial charge in [0, 0.05) is 16.6 Å². The summed E-state index contributed by atoms with van der Waals surface area (Å²) in [5.41, 5.74) is 1.83. The number of anilines is 1. The lowest BCUT2D eigenvalue weighted by molar-refractivity contribution is 0.610. The van der Waals surface area contributed by atoms with Crippen LogP contribution in [0.5, 0.6) is 0 Å². The van der Waals surface area contributed by atoms with Gasteiger partial charge in [-0.05, 0) is 42.8 Å². The topological polar surface area (TPSA) is 12.0 Å². The predicted molar refractivity (Wildman–Crippen MR) is 72.6 cm³/mol. The van der Waals surface area contributed by atoms with Crippen LogP contribution in [0.3, 0.4) is 0 Å². The predicted octanol–water partition coefficient (Wildman–Crippen LogP) is 4.65. The third-order valence-electron chi connectivity index (χ3n) is 2.60. The van der Waals surface area contributed by atoms with Crippen molar-refractivity contribution in [3.05, 3.63) is 63.6 Å². The van der Waals surface area contributed by atoms with E-state index in [1.165, 1.54) is 12.1 Å². The molecular weight excluding hydrogens is 300 g/mol. The van der Waals surface area contributed by atoms with Gasteiger partial charge in [0.2, 0.25) is 0 Å². The molecule has 0 radical (unpaired) electrons. The maximum absolute atomic E-state index is 13.5. The monoisotopic (exact) mass is 311 g/mol. The maximum atomic E-state index is 13.5. The summed E-state index contributed by atoms with van der Waals surface area (Å²) < 4.78 is 27.8. The molecule has 0 heterocycles. The summed E-state index contributed by atoms with van der Waals surface area (Å²) in [5.74, 6) is -0.644. The molecule has 1 nitrogen and oxygen atoms in total. The second-order valence-corrected chi connectivity index (χ2v) is 4.99. The third-order valence-corrected chi connectivity index (χ3v) is 3.09. The molecule has 0 spiro atoms. The van der Waals surface area contributed by atoms with Gasteiger partial charge in [-0.15, -0.1) is 0 Å². The van der Waals surface area contributed by atoms with Crippen molar-refractivity contribution in [3.8, 4) is 0 Å². The molecule has 0 saturated carbocycles. The molecule has 0 bridgehead atoms. The second-order valence-electron chi connectivity index (χ2n) is 4.07. The number of aryl methyl sites for hydroxylation is 1.